The molecule has 0 bridgehead atoms. The van der Waals surface area contributed by atoms with Gasteiger partial charge in [-0.3, -0.25) is 9.59 Å². The molecule has 0 fully saturated rings. The lowest BCUT2D eigenvalue weighted by atomic mass is 10.2. The Labute approximate surface area is 88.0 Å². The van der Waals surface area contributed by atoms with Gasteiger partial charge in [0.1, 0.15) is 5.76 Å². The Bertz CT molecular complexity index is 314. The van der Waals surface area contributed by atoms with Crippen LogP contribution in [0.25, 0.3) is 0 Å². The van der Waals surface area contributed by atoms with Gasteiger partial charge < -0.3 is 9.47 Å². The molecule has 0 aromatic heterocycles. The van der Waals surface area contributed by atoms with Crippen molar-refractivity contribution >= 4 is 17.9 Å². The zero-order chi connectivity index (χ0) is 12.0. The number of esters is 3. The van der Waals surface area contributed by atoms with E-state index < -0.39 is 17.9 Å². The van der Waals surface area contributed by atoms with Gasteiger partial charge >= 0.3 is 17.9 Å². The van der Waals surface area contributed by atoms with E-state index in [0.29, 0.717) is 6.42 Å². The molecule has 0 saturated heterocycles. The van der Waals surface area contributed by atoms with Crippen molar-refractivity contribution in [2.45, 2.75) is 34.1 Å². The van der Waals surface area contributed by atoms with Gasteiger partial charge in [-0.1, -0.05) is 6.92 Å². The smallest absolute Gasteiger partial charge is 0.344 e. The average Bonchev–Trinajstić information content (AvgIpc) is 2.11. The van der Waals surface area contributed by atoms with Crippen LogP contribution in [0.15, 0.2) is 11.3 Å². The summed E-state index contributed by atoms with van der Waals surface area (Å²) >= 11 is 0. The second-order valence-corrected chi connectivity index (χ2v) is 2.88. The maximum absolute atomic E-state index is 11.2. The largest absolute Gasteiger partial charge is 0.431 e. The zero-order valence-corrected chi connectivity index (χ0v) is 9.25. The fourth-order valence-corrected chi connectivity index (χ4v) is 0.908. The molecule has 0 radical (unpaired) electrons. The molecule has 0 aliphatic heterocycles. The third-order valence-electron chi connectivity index (χ3n) is 1.55. The number of hydrogen-bond donors (Lipinski definition) is 0. The van der Waals surface area contributed by atoms with E-state index in [9.17, 15) is 14.4 Å². The third kappa shape index (κ3) is 4.95. The summed E-state index contributed by atoms with van der Waals surface area (Å²) in [6, 6.07) is 0. The molecule has 0 rings (SSSR count). The zero-order valence-electron chi connectivity index (χ0n) is 9.25. The second-order valence-electron chi connectivity index (χ2n) is 2.88. The van der Waals surface area contributed by atoms with Gasteiger partial charge in [0.05, 0.1) is 5.57 Å². The van der Waals surface area contributed by atoms with Crippen molar-refractivity contribution in [3.05, 3.63) is 11.3 Å². The van der Waals surface area contributed by atoms with Gasteiger partial charge in [-0.05, 0) is 6.92 Å². The van der Waals surface area contributed by atoms with E-state index in [1.165, 1.54) is 13.8 Å². The molecular weight excluding hydrogens is 200 g/mol. The summed E-state index contributed by atoms with van der Waals surface area (Å²) < 4.78 is 9.14. The van der Waals surface area contributed by atoms with Gasteiger partial charge in [-0.2, -0.15) is 0 Å². The first-order chi connectivity index (χ1) is 6.88. The number of rotatable bonds is 3. The number of carbonyl (C=O) groups excluding carboxylic acids is 3. The molecule has 5 nitrogen and oxygen atoms in total. The first kappa shape index (κ1) is 13.4. The van der Waals surface area contributed by atoms with Crippen LogP contribution in [0.5, 0.6) is 0 Å². The van der Waals surface area contributed by atoms with E-state index in [1.807, 2.05) is 0 Å². The van der Waals surface area contributed by atoms with Crippen molar-refractivity contribution in [2.75, 3.05) is 0 Å². The molecule has 5 heteroatoms. The molecule has 0 saturated carbocycles. The summed E-state index contributed by atoms with van der Waals surface area (Å²) in [5.74, 6) is -1.78. The molecule has 0 amide bonds. The van der Waals surface area contributed by atoms with E-state index in [2.05, 4.69) is 4.74 Å². The molecule has 0 atom stereocenters. The van der Waals surface area contributed by atoms with Crippen molar-refractivity contribution in [2.24, 2.45) is 0 Å². The summed E-state index contributed by atoms with van der Waals surface area (Å²) in [5, 5.41) is 0. The van der Waals surface area contributed by atoms with E-state index in [4.69, 9.17) is 4.74 Å². The summed E-state index contributed by atoms with van der Waals surface area (Å²) in [7, 11) is 0. The van der Waals surface area contributed by atoms with Gasteiger partial charge in [-0.15, -0.1) is 0 Å². The fourth-order valence-electron chi connectivity index (χ4n) is 0.908. The van der Waals surface area contributed by atoms with Crippen LogP contribution in [0.1, 0.15) is 34.1 Å². The van der Waals surface area contributed by atoms with Crippen LogP contribution in [0, 0.1) is 0 Å². The summed E-state index contributed by atoms with van der Waals surface area (Å²) in [6.07, 6.45) is 0.373. The normalized spacial score (nSPS) is 11.5. The van der Waals surface area contributed by atoms with Crippen molar-refractivity contribution in [1.82, 2.24) is 0 Å². The average molecular weight is 214 g/mol. The third-order valence-corrected chi connectivity index (χ3v) is 1.55. The van der Waals surface area contributed by atoms with Crippen LogP contribution in [-0.2, 0) is 23.9 Å². The predicted molar refractivity (Wildman–Crippen MR) is 51.5 cm³/mol. The van der Waals surface area contributed by atoms with E-state index in [-0.39, 0.29) is 11.3 Å². The molecule has 0 heterocycles. The number of allylic oxidation sites excluding steroid dienone is 1. The highest BCUT2D eigenvalue weighted by atomic mass is 16.6. The Morgan fingerprint density at radius 2 is 1.40 bits per heavy atom. The van der Waals surface area contributed by atoms with Crippen molar-refractivity contribution < 1.29 is 23.9 Å². The minimum Gasteiger partial charge on any atom is -0.431 e. The Balaban J connectivity index is 4.77. The maximum Gasteiger partial charge on any atom is 0.344 e. The molecule has 15 heavy (non-hydrogen) atoms. The van der Waals surface area contributed by atoms with E-state index in [0.717, 1.165) is 6.92 Å². The SMILES string of the molecule is CCC(OC(C)=O)=C(C)C(=O)OC(C)=O. The van der Waals surface area contributed by atoms with Crippen LogP contribution in [-0.4, -0.2) is 17.9 Å². The van der Waals surface area contributed by atoms with Gasteiger partial charge in [0.25, 0.3) is 0 Å². The Morgan fingerprint density at radius 3 is 1.73 bits per heavy atom. The van der Waals surface area contributed by atoms with Gasteiger partial charge in [-0.25, -0.2) is 4.79 Å². The standard InChI is InChI=1S/C10H14O5/c1-5-9(14-7(3)11)6(2)10(13)15-8(4)12/h5H2,1-4H3. The molecule has 0 unspecified atom stereocenters. The van der Waals surface area contributed by atoms with Crippen LogP contribution >= 0.6 is 0 Å². The van der Waals surface area contributed by atoms with Gasteiger partial charge in [0.2, 0.25) is 0 Å². The topological polar surface area (TPSA) is 69.7 Å². The van der Waals surface area contributed by atoms with Crippen molar-refractivity contribution in [3.63, 3.8) is 0 Å². The first-order valence-electron chi connectivity index (χ1n) is 4.49. The highest BCUT2D eigenvalue weighted by Crippen LogP contribution is 2.12. The lowest BCUT2D eigenvalue weighted by molar-refractivity contribution is -0.155. The number of carbonyl (C=O) groups is 3. The quantitative estimate of drug-likeness (QED) is 0.307. The highest BCUT2D eigenvalue weighted by molar-refractivity contribution is 5.95. The summed E-state index contributed by atoms with van der Waals surface area (Å²) in [4.78, 5) is 32.4. The molecular formula is C10H14O5. The molecule has 0 aromatic carbocycles. The van der Waals surface area contributed by atoms with E-state index >= 15 is 0 Å². The molecule has 0 spiro atoms. The van der Waals surface area contributed by atoms with Crippen LogP contribution in [0.4, 0.5) is 0 Å². The van der Waals surface area contributed by atoms with Crippen LogP contribution < -0.4 is 0 Å². The summed E-state index contributed by atoms with van der Waals surface area (Å²) in [6.45, 7) is 5.53. The van der Waals surface area contributed by atoms with Crippen LogP contribution in [0.3, 0.4) is 0 Å². The second kappa shape index (κ2) is 5.95. The monoisotopic (exact) mass is 214 g/mol. The van der Waals surface area contributed by atoms with Crippen molar-refractivity contribution in [1.29, 1.82) is 0 Å². The molecule has 0 aliphatic carbocycles. The molecule has 84 valence electrons. The lowest BCUT2D eigenvalue weighted by Crippen LogP contribution is -2.13. The fraction of sp³-hybridized carbons (Fsp3) is 0.500. The minimum atomic E-state index is -0.791. The Hall–Kier alpha value is -1.65. The highest BCUT2D eigenvalue weighted by Gasteiger charge is 2.15. The lowest BCUT2D eigenvalue weighted by Gasteiger charge is -2.07. The Morgan fingerprint density at radius 1 is 0.933 bits per heavy atom. The molecule has 0 aromatic rings. The molecule has 0 N–H and O–H groups in total. The predicted octanol–water partition coefficient (Wildman–Crippen LogP) is 1.32. The van der Waals surface area contributed by atoms with Crippen molar-refractivity contribution in [3.8, 4) is 0 Å². The number of ether oxygens (including phenoxy) is 2. The maximum atomic E-state index is 11.2. The van der Waals surface area contributed by atoms with Gasteiger partial charge in [0, 0.05) is 20.3 Å². The minimum absolute atomic E-state index is 0.128. The van der Waals surface area contributed by atoms with Crippen LogP contribution in [0.2, 0.25) is 0 Å². The van der Waals surface area contributed by atoms with E-state index in [1.54, 1.807) is 6.92 Å². The van der Waals surface area contributed by atoms with Gasteiger partial charge in [0.15, 0.2) is 0 Å². The Kier molecular flexibility index (Phi) is 5.30. The summed E-state index contributed by atoms with van der Waals surface area (Å²) in [5.41, 5.74) is 0.128. The number of hydrogen-bond acceptors (Lipinski definition) is 5. The molecule has 0 aliphatic rings. The first-order valence-corrected chi connectivity index (χ1v) is 4.49.